The monoisotopic (exact) mass is 271 g/mol. The summed E-state index contributed by atoms with van der Waals surface area (Å²) in [5, 5.41) is 0.608. The molecule has 0 fully saturated rings. The minimum Gasteiger partial charge on any atom is -0.369 e. The molecule has 0 spiro atoms. The van der Waals surface area contributed by atoms with Crippen LogP contribution in [0.4, 0.5) is 5.95 Å². The van der Waals surface area contributed by atoms with Crippen molar-refractivity contribution in [1.29, 1.82) is 0 Å². The lowest BCUT2D eigenvalue weighted by molar-refractivity contribution is 0.948. The Morgan fingerprint density at radius 3 is 2.79 bits per heavy atom. The maximum Gasteiger partial charge on any atom is 0.261 e. The SMILES string of the molecule is C[C@H](c1ccccc1)c1cc2c(=O)[nH]c(N)nc2s1. The normalized spacial score (nSPS) is 12.7. The van der Waals surface area contributed by atoms with Crippen molar-refractivity contribution in [1.82, 2.24) is 9.97 Å². The van der Waals surface area contributed by atoms with Crippen molar-refractivity contribution in [3.8, 4) is 0 Å². The van der Waals surface area contributed by atoms with Crippen LogP contribution in [-0.4, -0.2) is 9.97 Å². The molecule has 0 bridgehead atoms. The van der Waals surface area contributed by atoms with Gasteiger partial charge in [0.05, 0.1) is 5.39 Å². The Balaban J connectivity index is 2.12. The molecule has 0 saturated carbocycles. The lowest BCUT2D eigenvalue weighted by Crippen LogP contribution is -2.09. The van der Waals surface area contributed by atoms with Gasteiger partial charge in [-0.3, -0.25) is 9.78 Å². The highest BCUT2D eigenvalue weighted by molar-refractivity contribution is 7.18. The molecule has 5 heteroatoms. The van der Waals surface area contributed by atoms with Crippen LogP contribution >= 0.6 is 11.3 Å². The predicted octanol–water partition coefficient (Wildman–Crippen LogP) is 2.72. The Morgan fingerprint density at radius 1 is 1.32 bits per heavy atom. The molecule has 3 N–H and O–H groups in total. The lowest BCUT2D eigenvalue weighted by atomic mass is 10.00. The number of nitrogens with two attached hydrogens (primary N) is 1. The molecule has 0 amide bonds. The van der Waals surface area contributed by atoms with Crippen LogP contribution < -0.4 is 11.3 Å². The molecule has 4 nitrogen and oxygen atoms in total. The number of hydrogen-bond donors (Lipinski definition) is 2. The van der Waals surface area contributed by atoms with Crippen molar-refractivity contribution in [3.63, 3.8) is 0 Å². The fraction of sp³-hybridized carbons (Fsp3) is 0.143. The van der Waals surface area contributed by atoms with Gasteiger partial charge in [-0.05, 0) is 11.6 Å². The molecular weight excluding hydrogens is 258 g/mol. The Labute approximate surface area is 113 Å². The predicted molar refractivity (Wildman–Crippen MR) is 78.6 cm³/mol. The van der Waals surface area contributed by atoms with E-state index in [2.05, 4.69) is 29.0 Å². The zero-order valence-electron chi connectivity index (χ0n) is 10.4. The second kappa shape index (κ2) is 4.51. The van der Waals surface area contributed by atoms with Gasteiger partial charge < -0.3 is 5.73 Å². The van der Waals surface area contributed by atoms with Crippen LogP contribution in [0.5, 0.6) is 0 Å². The van der Waals surface area contributed by atoms with Crippen LogP contribution in [0.2, 0.25) is 0 Å². The first-order chi connectivity index (χ1) is 9.15. The topological polar surface area (TPSA) is 71.8 Å². The third-order valence-electron chi connectivity index (χ3n) is 3.17. The summed E-state index contributed by atoms with van der Waals surface area (Å²) < 4.78 is 0. The van der Waals surface area contributed by atoms with Crippen LogP contribution in [0.15, 0.2) is 41.2 Å². The number of aromatic amines is 1. The molecular formula is C14H13N3OS. The quantitative estimate of drug-likeness (QED) is 0.752. The van der Waals surface area contributed by atoms with Gasteiger partial charge in [0, 0.05) is 10.8 Å². The number of nitrogen functional groups attached to an aromatic ring is 1. The van der Waals surface area contributed by atoms with E-state index in [9.17, 15) is 4.79 Å². The van der Waals surface area contributed by atoms with Gasteiger partial charge in [-0.2, -0.15) is 0 Å². The molecule has 19 heavy (non-hydrogen) atoms. The number of anilines is 1. The van der Waals surface area contributed by atoms with Gasteiger partial charge in [-0.1, -0.05) is 37.3 Å². The molecule has 1 atom stereocenters. The zero-order valence-corrected chi connectivity index (χ0v) is 11.2. The molecule has 0 radical (unpaired) electrons. The number of benzene rings is 1. The minimum absolute atomic E-state index is 0.165. The number of hydrogen-bond acceptors (Lipinski definition) is 4. The summed E-state index contributed by atoms with van der Waals surface area (Å²) >= 11 is 1.52. The van der Waals surface area contributed by atoms with Crippen molar-refractivity contribution in [2.24, 2.45) is 0 Å². The molecule has 2 heterocycles. The maximum atomic E-state index is 11.8. The van der Waals surface area contributed by atoms with E-state index < -0.39 is 0 Å². The first-order valence-corrected chi connectivity index (χ1v) is 6.81. The van der Waals surface area contributed by atoms with Gasteiger partial charge >= 0.3 is 0 Å². The highest BCUT2D eigenvalue weighted by Gasteiger charge is 2.14. The average molecular weight is 271 g/mol. The van der Waals surface area contributed by atoms with Crippen molar-refractivity contribution in [3.05, 3.63) is 57.2 Å². The smallest absolute Gasteiger partial charge is 0.261 e. The second-order valence-electron chi connectivity index (χ2n) is 4.45. The highest BCUT2D eigenvalue weighted by Crippen LogP contribution is 2.32. The van der Waals surface area contributed by atoms with Crippen LogP contribution in [0, 0.1) is 0 Å². The van der Waals surface area contributed by atoms with E-state index in [-0.39, 0.29) is 17.4 Å². The Kier molecular flexibility index (Phi) is 2.83. The molecule has 3 aromatic rings. The third-order valence-corrected chi connectivity index (χ3v) is 4.38. The van der Waals surface area contributed by atoms with Gasteiger partial charge in [0.25, 0.3) is 5.56 Å². The summed E-state index contributed by atoms with van der Waals surface area (Å²) in [6, 6.07) is 12.1. The number of thiophene rings is 1. The summed E-state index contributed by atoms with van der Waals surface area (Å²) in [7, 11) is 0. The summed E-state index contributed by atoms with van der Waals surface area (Å²) in [5.41, 5.74) is 6.61. The van der Waals surface area contributed by atoms with Crippen LogP contribution in [0.3, 0.4) is 0 Å². The van der Waals surface area contributed by atoms with Gasteiger partial charge in [0.1, 0.15) is 4.83 Å². The summed E-state index contributed by atoms with van der Waals surface area (Å²) in [6.45, 7) is 2.12. The molecule has 0 unspecified atom stereocenters. The van der Waals surface area contributed by atoms with E-state index >= 15 is 0 Å². The lowest BCUT2D eigenvalue weighted by Gasteiger charge is -2.08. The van der Waals surface area contributed by atoms with Gasteiger partial charge in [-0.25, -0.2) is 4.98 Å². The molecule has 0 aliphatic carbocycles. The van der Waals surface area contributed by atoms with E-state index in [1.807, 2.05) is 24.3 Å². The number of nitrogens with zero attached hydrogens (tertiary/aromatic N) is 1. The maximum absolute atomic E-state index is 11.8. The fourth-order valence-corrected chi connectivity index (χ4v) is 3.20. The van der Waals surface area contributed by atoms with Gasteiger partial charge in [-0.15, -0.1) is 11.3 Å². The first-order valence-electron chi connectivity index (χ1n) is 5.99. The molecule has 2 aromatic heterocycles. The van der Waals surface area contributed by atoms with Crippen molar-refractivity contribution in [2.45, 2.75) is 12.8 Å². The number of fused-ring (bicyclic) bond motifs is 1. The van der Waals surface area contributed by atoms with E-state index in [1.54, 1.807) is 0 Å². The van der Waals surface area contributed by atoms with Crippen LogP contribution in [0.1, 0.15) is 23.3 Å². The number of H-pyrrole nitrogens is 1. The largest absolute Gasteiger partial charge is 0.369 e. The van der Waals surface area contributed by atoms with Crippen molar-refractivity contribution < 1.29 is 0 Å². The molecule has 3 rings (SSSR count). The number of nitrogens with one attached hydrogen (secondary N) is 1. The van der Waals surface area contributed by atoms with Crippen molar-refractivity contribution in [2.75, 3.05) is 5.73 Å². The van der Waals surface area contributed by atoms with Gasteiger partial charge in [0.2, 0.25) is 5.95 Å². The molecule has 0 aliphatic heterocycles. The van der Waals surface area contributed by atoms with Gasteiger partial charge in [0.15, 0.2) is 0 Å². The first kappa shape index (κ1) is 11.9. The fourth-order valence-electron chi connectivity index (χ4n) is 2.09. The van der Waals surface area contributed by atoms with E-state index in [4.69, 9.17) is 5.73 Å². The third kappa shape index (κ3) is 2.13. The number of rotatable bonds is 2. The highest BCUT2D eigenvalue weighted by atomic mass is 32.1. The number of aromatic nitrogens is 2. The molecule has 0 aliphatic rings. The Bertz CT molecular complexity index is 776. The minimum atomic E-state index is -0.176. The van der Waals surface area contributed by atoms with Crippen molar-refractivity contribution >= 4 is 27.5 Å². The Morgan fingerprint density at radius 2 is 2.05 bits per heavy atom. The van der Waals surface area contributed by atoms with E-state index in [0.717, 1.165) is 4.88 Å². The van der Waals surface area contributed by atoms with E-state index in [0.29, 0.717) is 10.2 Å². The van der Waals surface area contributed by atoms with Crippen LogP contribution in [-0.2, 0) is 0 Å². The van der Waals surface area contributed by atoms with Crippen LogP contribution in [0.25, 0.3) is 10.2 Å². The standard InChI is InChI=1S/C14H13N3OS/c1-8(9-5-3-2-4-6-9)11-7-10-12(18)16-14(15)17-13(10)19-11/h2-8H,1H3,(H3,15,16,17,18)/t8-/m1/s1. The Hall–Kier alpha value is -2.14. The molecule has 96 valence electrons. The molecule has 1 aromatic carbocycles. The summed E-state index contributed by atoms with van der Waals surface area (Å²) in [4.78, 5) is 20.3. The summed E-state index contributed by atoms with van der Waals surface area (Å²) in [6.07, 6.45) is 0. The molecule has 0 saturated heterocycles. The zero-order chi connectivity index (χ0) is 13.4. The summed E-state index contributed by atoms with van der Waals surface area (Å²) in [5.74, 6) is 0.402. The van der Waals surface area contributed by atoms with E-state index in [1.165, 1.54) is 16.9 Å². The average Bonchev–Trinajstić information content (AvgIpc) is 2.83. The second-order valence-corrected chi connectivity index (χ2v) is 5.51.